The molecule has 2 N–H and O–H groups in total. The minimum Gasteiger partial charge on any atom is -0.733 e. The van der Waals surface area contributed by atoms with Crippen molar-refractivity contribution in [3.05, 3.63) is 70.1 Å². The van der Waals surface area contributed by atoms with E-state index in [9.17, 15) is 44.8 Å². The van der Waals surface area contributed by atoms with Crippen molar-refractivity contribution in [1.82, 2.24) is 0 Å². The number of para-hydroxylation sites is 4. The van der Waals surface area contributed by atoms with Crippen LogP contribution in [0.2, 0.25) is 0 Å². The molecule has 14 nitrogen and oxygen atoms in total. The zero-order valence-electron chi connectivity index (χ0n) is 22.2. The van der Waals surface area contributed by atoms with Gasteiger partial charge in [-0.3, -0.25) is 29.6 Å². The number of benzene rings is 2. The number of amides is 4. The van der Waals surface area contributed by atoms with E-state index in [0.717, 1.165) is 9.80 Å². The Balaban J connectivity index is 1.52. The highest BCUT2D eigenvalue weighted by Gasteiger charge is 2.72. The third-order valence-corrected chi connectivity index (χ3v) is 8.75. The maximum atomic E-state index is 14.1. The summed E-state index contributed by atoms with van der Waals surface area (Å²) in [4.78, 5) is 70.9. The van der Waals surface area contributed by atoms with E-state index >= 15 is 0 Å². The van der Waals surface area contributed by atoms with E-state index in [4.69, 9.17) is 4.74 Å². The van der Waals surface area contributed by atoms with Gasteiger partial charge in [0.2, 0.25) is 23.6 Å². The quantitative estimate of drug-likeness (QED) is 0.289. The number of allylic oxidation sites excluding steroid dienone is 1. The summed E-state index contributed by atoms with van der Waals surface area (Å²) in [6, 6.07) is 10.8. The molecule has 4 amide bonds. The van der Waals surface area contributed by atoms with E-state index in [1.807, 2.05) is 0 Å². The summed E-state index contributed by atoms with van der Waals surface area (Å²) in [5.41, 5.74) is -0.772. The predicted molar refractivity (Wildman–Crippen MR) is 143 cm³/mol. The predicted octanol–water partition coefficient (Wildman–Crippen LogP) is 2.12. The second kappa shape index (κ2) is 9.73. The second-order valence-electron chi connectivity index (χ2n) is 10.5. The van der Waals surface area contributed by atoms with Crippen molar-refractivity contribution >= 4 is 52.3 Å². The first kappa shape index (κ1) is 27.5. The Labute approximate surface area is 238 Å². The van der Waals surface area contributed by atoms with Crippen LogP contribution in [0.4, 0.5) is 22.7 Å². The molecule has 3 fully saturated rings. The maximum absolute atomic E-state index is 14.1. The van der Waals surface area contributed by atoms with Gasteiger partial charge in [-0.2, -0.15) is 0 Å². The molecular weight excluding hydrogens is 552 g/mol. The van der Waals surface area contributed by atoms with Crippen molar-refractivity contribution in [1.29, 1.82) is 0 Å². The molecule has 1 saturated carbocycles. The molecular formula is C28H24N4O10-2. The molecule has 2 saturated heterocycles. The van der Waals surface area contributed by atoms with Crippen molar-refractivity contribution in [2.45, 2.75) is 13.8 Å². The summed E-state index contributed by atoms with van der Waals surface area (Å²) in [7, 11) is 0. The number of imide groups is 2. The molecule has 0 spiro atoms. The fourth-order valence-corrected chi connectivity index (χ4v) is 7.33. The summed E-state index contributed by atoms with van der Waals surface area (Å²) < 4.78 is 5.27. The van der Waals surface area contributed by atoms with Crippen LogP contribution >= 0.6 is 0 Å². The number of rotatable bonds is 6. The molecule has 3 aliphatic carbocycles. The average molecular weight is 577 g/mol. The second-order valence-corrected chi connectivity index (χ2v) is 10.5. The number of anilines is 4. The van der Waals surface area contributed by atoms with Crippen LogP contribution in [0.15, 0.2) is 59.7 Å². The Morgan fingerprint density at radius 2 is 1.12 bits per heavy atom. The summed E-state index contributed by atoms with van der Waals surface area (Å²) >= 11 is 0. The highest BCUT2D eigenvalue weighted by atomic mass is 16.8. The highest BCUT2D eigenvalue weighted by molar-refractivity contribution is 6.28. The van der Waals surface area contributed by atoms with Crippen molar-refractivity contribution < 1.29 is 39.1 Å². The average Bonchev–Trinajstić information content (AvgIpc) is 3.38. The molecule has 0 aromatic heterocycles. The van der Waals surface area contributed by atoms with Gasteiger partial charge in [-0.25, -0.2) is 14.6 Å². The third kappa shape index (κ3) is 3.56. The van der Waals surface area contributed by atoms with Crippen LogP contribution in [0.5, 0.6) is 0 Å². The van der Waals surface area contributed by atoms with Crippen LogP contribution in [0.1, 0.15) is 13.8 Å². The van der Waals surface area contributed by atoms with Crippen LogP contribution in [-0.4, -0.2) is 46.6 Å². The van der Waals surface area contributed by atoms with Gasteiger partial charge >= 0.3 is 5.97 Å². The van der Waals surface area contributed by atoms with Gasteiger partial charge in [-0.15, -0.1) is 0 Å². The largest absolute Gasteiger partial charge is 0.733 e. The van der Waals surface area contributed by atoms with Crippen LogP contribution in [-0.2, 0) is 28.7 Å². The Kier molecular flexibility index (Phi) is 6.38. The normalized spacial score (nSPS) is 28.0. The lowest BCUT2D eigenvalue weighted by atomic mass is 9.49. The van der Waals surface area contributed by atoms with Crippen molar-refractivity contribution in [3.8, 4) is 0 Å². The Hall–Kier alpha value is -4.63. The van der Waals surface area contributed by atoms with Crippen molar-refractivity contribution in [3.63, 3.8) is 0 Å². The fourth-order valence-electron chi connectivity index (χ4n) is 7.33. The molecule has 0 radical (unpaired) electrons. The summed E-state index contributed by atoms with van der Waals surface area (Å²) in [6.45, 7) is 3.12. The van der Waals surface area contributed by atoms with Crippen LogP contribution in [0, 0.1) is 45.9 Å². The highest BCUT2D eigenvalue weighted by Crippen LogP contribution is 2.63. The molecule has 2 bridgehead atoms. The Morgan fingerprint density at radius 1 is 0.738 bits per heavy atom. The number of hydrogen-bond acceptors (Lipinski definition) is 12. The van der Waals surface area contributed by atoms with E-state index in [1.165, 1.54) is 48.5 Å². The van der Waals surface area contributed by atoms with Crippen molar-refractivity contribution in [2.75, 3.05) is 26.9 Å². The molecule has 2 aromatic carbocycles. The molecule has 2 unspecified atom stereocenters. The summed E-state index contributed by atoms with van der Waals surface area (Å²) in [6.07, 6.45) is 0. The Morgan fingerprint density at radius 3 is 1.50 bits per heavy atom. The number of carbonyl (C=O) groups excluding carboxylic acids is 5. The topological polar surface area (TPSA) is 194 Å². The maximum Gasteiger partial charge on any atom is 0.334 e. The van der Waals surface area contributed by atoms with Gasteiger partial charge in [0, 0.05) is 17.4 Å². The number of carbonyl (C=O) groups is 5. The number of hydrogen-bond donors (Lipinski definition) is 2. The van der Waals surface area contributed by atoms with Gasteiger partial charge < -0.3 is 25.6 Å². The molecule has 218 valence electrons. The molecule has 2 heterocycles. The van der Waals surface area contributed by atoms with Gasteiger partial charge in [0.1, 0.15) is 0 Å². The van der Waals surface area contributed by atoms with Crippen LogP contribution in [0.25, 0.3) is 0 Å². The first-order valence-electron chi connectivity index (χ1n) is 13.2. The monoisotopic (exact) mass is 576 g/mol. The Bertz CT molecular complexity index is 1490. The summed E-state index contributed by atoms with van der Waals surface area (Å²) in [5.74, 6) is -11.1. The third-order valence-electron chi connectivity index (χ3n) is 8.75. The lowest BCUT2D eigenvalue weighted by Gasteiger charge is -2.49. The lowest BCUT2D eigenvalue weighted by Crippen LogP contribution is -2.55. The van der Waals surface area contributed by atoms with E-state index in [2.05, 4.69) is 0 Å². The smallest absolute Gasteiger partial charge is 0.334 e. The standard InChI is InChI=1S/C28H24N4O10/c1-3-42-28(37)18-12(2)17-20-22(26(35)29(24(20)33)13-8-4-6-10-15(13)31(38)39)19(18)23-21(17)25(34)30(27(23)36)14-9-5-7-11-16(14)32(40)41/h4-11,17,19-23,38,40H,3H2,1-2H3/q-2/t17?,19?,20-,21+,22-,23-/m0/s1. The minimum absolute atomic E-state index is 0.0143. The lowest BCUT2D eigenvalue weighted by molar-refractivity contribution is -0.147. The molecule has 2 aliphatic heterocycles. The zero-order valence-corrected chi connectivity index (χ0v) is 22.2. The zero-order chi connectivity index (χ0) is 30.2. The number of esters is 1. The van der Waals surface area contributed by atoms with E-state index in [-0.39, 0.29) is 34.9 Å². The molecule has 42 heavy (non-hydrogen) atoms. The number of ether oxygens (including phenoxy) is 1. The van der Waals surface area contributed by atoms with Gasteiger partial charge in [-0.1, -0.05) is 29.8 Å². The molecule has 2 aromatic rings. The molecule has 7 rings (SSSR count). The van der Waals surface area contributed by atoms with Gasteiger partial charge in [-0.05, 0) is 38.1 Å². The van der Waals surface area contributed by atoms with Crippen molar-refractivity contribution in [2.24, 2.45) is 35.5 Å². The van der Waals surface area contributed by atoms with Gasteiger partial charge in [0.25, 0.3) is 0 Å². The fraction of sp³-hybridized carbons (Fsp3) is 0.321. The number of nitrogens with zero attached hydrogens (tertiary/aromatic N) is 4. The van der Waals surface area contributed by atoms with Crippen LogP contribution in [0.3, 0.4) is 0 Å². The SMILES string of the molecule is CCOC(=O)C1=C(C)C2[C@H]3C(=O)N(c4ccccc4N([O-])O)C(=O)[C@H]3C1[C@@H]1C(=O)N(c3ccccc3N([O-])O)C(=O)[C@@H]21. The molecule has 6 atom stereocenters. The van der Waals surface area contributed by atoms with Gasteiger partial charge in [0.05, 0.1) is 53.0 Å². The van der Waals surface area contributed by atoms with E-state index in [0.29, 0.717) is 5.57 Å². The molecule has 5 aliphatic rings. The minimum atomic E-state index is -1.26. The molecule has 14 heteroatoms. The first-order valence-corrected chi connectivity index (χ1v) is 13.2. The summed E-state index contributed by atoms with van der Waals surface area (Å²) in [5, 5.41) is 42.1. The van der Waals surface area contributed by atoms with Crippen LogP contribution < -0.4 is 20.3 Å². The first-order chi connectivity index (χ1) is 20.0. The van der Waals surface area contributed by atoms with E-state index in [1.54, 1.807) is 13.8 Å². The van der Waals surface area contributed by atoms with Gasteiger partial charge in [0.15, 0.2) is 0 Å². The van der Waals surface area contributed by atoms with E-state index < -0.39 is 75.6 Å².